The molecule has 11 rings (SSSR count). The Kier molecular flexibility index (Phi) is 18.1. The number of amides is 2. The number of piperazine rings is 2. The number of phenols is 1. The van der Waals surface area contributed by atoms with Gasteiger partial charge >= 0.3 is 0 Å². The average Bonchev–Trinajstić information content (AvgIpc) is 4.41. The fourth-order valence-electron chi connectivity index (χ4n) is 12.3. The third kappa shape index (κ3) is 13.3. The zero-order valence-corrected chi connectivity index (χ0v) is 47.9. The zero-order chi connectivity index (χ0) is 56.7. The largest absolute Gasteiger partial charge is 0.507 e. The van der Waals surface area contributed by atoms with Crippen LogP contribution < -0.4 is 30.3 Å². The molecule has 436 valence electrons. The highest BCUT2D eigenvalue weighted by Gasteiger charge is 2.44. The lowest BCUT2D eigenvalue weighted by Crippen LogP contribution is -2.54. The number of nitrogens with zero attached hydrogens (tertiary/aromatic N) is 10. The SMILES string of the molecule is Cc1ncsc1-c1ccc([C@H](COCC2CCOCC2)NC(=O)[C@@H]2C[C@@H](O)CN2C(=O)[C@H](c2cc(OCCN3CCN(CCOc4cc(N5C6CCC5CN(c5cc(-c7ccccc7O)nnc5N)C6)ccn4)CC3)no2)C(C)C)cc1. The topological polar surface area (TPSA) is 243 Å². The van der Waals surface area contributed by atoms with Gasteiger partial charge in [0.15, 0.2) is 11.6 Å². The Labute approximate surface area is 482 Å². The Bertz CT molecular complexity index is 3080. The number of phenolic OH excluding ortho intramolecular Hbond substituents is 1. The number of para-hydroxylation sites is 1. The van der Waals surface area contributed by atoms with E-state index in [0.717, 1.165) is 105 Å². The number of nitrogen functional groups attached to an aromatic ring is 1. The van der Waals surface area contributed by atoms with E-state index < -0.39 is 24.1 Å². The standard InChI is InChI=1S/C60H76N12O9S/c1-38(2)56(60(76)71-34-46(73)29-51(71)59(75)64-49(36-78-35-40-15-24-77-25-16-40)41-8-10-42(11-9-41)57-39(3)63-37-82-57)53-31-55(67-81-53)80-27-23-69-20-18-68(19-21-69)22-26-79-54-28-43(14-17-62-54)72-44-12-13-45(72)33-70(32-44)50-30-48(65-66-58(50)61)47-6-4-5-7-52(47)74/h4-11,14,17,28,30-31,37-38,40,44-46,49,51,56,73-74H,12-13,15-16,18-27,29,32-36H2,1-3H3,(H2,61,66)(H,64,75)/t44?,45?,46-,49+,51+,56+/m1/s1. The summed E-state index contributed by atoms with van der Waals surface area (Å²) in [6, 6.07) is 22.1. The minimum absolute atomic E-state index is 0.0207. The quantitative estimate of drug-likeness (QED) is 0.0593. The number of β-amino-alcohol motifs (C(OH)–C–C–N with tert-alkyl or cyclic N) is 1. The molecule has 5 aliphatic rings. The molecular weight excluding hydrogens is 1060 g/mol. The van der Waals surface area contributed by atoms with Crippen molar-refractivity contribution in [2.24, 2.45) is 11.8 Å². The monoisotopic (exact) mass is 1140 g/mol. The number of carbonyl (C=O) groups excluding carboxylic acids is 2. The van der Waals surface area contributed by atoms with E-state index in [1.165, 1.54) is 4.90 Å². The fourth-order valence-corrected chi connectivity index (χ4v) is 13.1. The Morgan fingerprint density at radius 2 is 1.59 bits per heavy atom. The number of anilines is 3. The zero-order valence-electron chi connectivity index (χ0n) is 47.1. The maximum absolute atomic E-state index is 14.6. The van der Waals surface area contributed by atoms with Gasteiger partial charge in [-0.1, -0.05) is 50.2 Å². The normalized spacial score (nSPS) is 21.5. The van der Waals surface area contributed by atoms with E-state index in [9.17, 15) is 19.8 Å². The van der Waals surface area contributed by atoms with E-state index in [4.69, 9.17) is 29.2 Å². The van der Waals surface area contributed by atoms with Crippen LogP contribution in [0.4, 0.5) is 17.2 Å². The Morgan fingerprint density at radius 3 is 2.28 bits per heavy atom. The van der Waals surface area contributed by atoms with Crippen LogP contribution >= 0.6 is 11.3 Å². The molecule has 6 atom stereocenters. The predicted octanol–water partition coefficient (Wildman–Crippen LogP) is 6.18. The summed E-state index contributed by atoms with van der Waals surface area (Å²) in [5, 5.41) is 37.4. The van der Waals surface area contributed by atoms with Crippen LogP contribution in [0.2, 0.25) is 0 Å². The second kappa shape index (κ2) is 26.1. The van der Waals surface area contributed by atoms with Gasteiger partial charge in [-0.2, -0.15) is 0 Å². The number of thiazole rings is 1. The van der Waals surface area contributed by atoms with E-state index in [2.05, 4.69) is 62.4 Å². The van der Waals surface area contributed by atoms with Crippen molar-refractivity contribution in [3.05, 3.63) is 102 Å². The summed E-state index contributed by atoms with van der Waals surface area (Å²) in [7, 11) is 0. The molecule has 0 spiro atoms. The molecule has 82 heavy (non-hydrogen) atoms. The number of hydrogen-bond donors (Lipinski definition) is 4. The molecule has 0 aliphatic carbocycles. The van der Waals surface area contributed by atoms with Crippen LogP contribution in [0.1, 0.15) is 74.9 Å². The van der Waals surface area contributed by atoms with Gasteiger partial charge < -0.3 is 59.4 Å². The summed E-state index contributed by atoms with van der Waals surface area (Å²) in [4.78, 5) is 50.0. The van der Waals surface area contributed by atoms with Crippen molar-refractivity contribution in [3.8, 4) is 39.2 Å². The van der Waals surface area contributed by atoms with E-state index in [0.29, 0.717) is 80.1 Å². The van der Waals surface area contributed by atoms with E-state index in [-0.39, 0.29) is 55.1 Å². The van der Waals surface area contributed by atoms with Crippen molar-refractivity contribution in [1.29, 1.82) is 0 Å². The number of aromatic hydroxyl groups is 1. The molecule has 9 heterocycles. The molecule has 21 nitrogen and oxygen atoms in total. The van der Waals surface area contributed by atoms with Crippen molar-refractivity contribution in [3.63, 3.8) is 0 Å². The minimum Gasteiger partial charge on any atom is -0.507 e. The van der Waals surface area contributed by atoms with E-state index >= 15 is 0 Å². The maximum Gasteiger partial charge on any atom is 0.254 e. The molecular formula is C60H76N12O9S. The molecule has 5 N–H and O–H groups in total. The van der Waals surface area contributed by atoms with Gasteiger partial charge in [-0.05, 0) is 85.0 Å². The first kappa shape index (κ1) is 56.9. The predicted molar refractivity (Wildman–Crippen MR) is 311 cm³/mol. The van der Waals surface area contributed by atoms with Crippen molar-refractivity contribution >= 4 is 40.3 Å². The lowest BCUT2D eigenvalue weighted by Gasteiger charge is -2.43. The van der Waals surface area contributed by atoms with Gasteiger partial charge in [0, 0.05) is 127 Å². The number of hydrogen-bond acceptors (Lipinski definition) is 20. The van der Waals surface area contributed by atoms with E-state index in [1.807, 2.05) is 74.9 Å². The van der Waals surface area contributed by atoms with Crippen LogP contribution in [-0.4, -0.2) is 185 Å². The number of rotatable bonds is 22. The molecule has 2 aromatic carbocycles. The molecule has 2 unspecified atom stereocenters. The second-order valence-electron chi connectivity index (χ2n) is 22.7. The highest BCUT2D eigenvalue weighted by atomic mass is 32.1. The summed E-state index contributed by atoms with van der Waals surface area (Å²) in [6.45, 7) is 15.6. The first-order valence-electron chi connectivity index (χ1n) is 28.9. The van der Waals surface area contributed by atoms with Crippen LogP contribution in [-0.2, 0) is 19.1 Å². The highest BCUT2D eigenvalue weighted by molar-refractivity contribution is 7.13. The summed E-state index contributed by atoms with van der Waals surface area (Å²) in [5.74, 6) is 0.532. The number of aliphatic hydroxyl groups is 1. The fraction of sp³-hybridized carbons (Fsp3) is 0.517. The number of fused-ring (bicyclic) bond motifs is 2. The van der Waals surface area contributed by atoms with Gasteiger partial charge in [0.2, 0.25) is 17.7 Å². The van der Waals surface area contributed by atoms with Crippen molar-refractivity contribution < 1.29 is 43.3 Å². The van der Waals surface area contributed by atoms with Gasteiger partial charge in [0.25, 0.3) is 5.88 Å². The summed E-state index contributed by atoms with van der Waals surface area (Å²) >= 11 is 1.59. The molecule has 4 aromatic heterocycles. The molecule has 22 heteroatoms. The lowest BCUT2D eigenvalue weighted by molar-refractivity contribution is -0.141. The summed E-state index contributed by atoms with van der Waals surface area (Å²) in [6.07, 6.45) is 5.05. The van der Waals surface area contributed by atoms with Gasteiger partial charge in [-0.25, -0.2) is 9.97 Å². The van der Waals surface area contributed by atoms with Crippen molar-refractivity contribution in [1.82, 2.24) is 45.3 Å². The molecule has 2 bridgehead atoms. The Hall–Kier alpha value is -6.95. The third-order valence-electron chi connectivity index (χ3n) is 16.8. The first-order chi connectivity index (χ1) is 39.9. The summed E-state index contributed by atoms with van der Waals surface area (Å²) < 4.78 is 30.0. The molecule has 6 aromatic rings. The minimum atomic E-state index is -0.899. The van der Waals surface area contributed by atoms with Crippen molar-refractivity contribution in [2.75, 3.05) is 114 Å². The number of nitrogens with two attached hydrogens (primary N) is 1. The molecule has 0 saturated carbocycles. The number of ether oxygens (including phenoxy) is 4. The number of aromatic nitrogens is 5. The number of aliphatic hydroxyl groups excluding tert-OH is 1. The molecule has 5 aliphatic heterocycles. The Morgan fingerprint density at radius 1 is 0.866 bits per heavy atom. The average molecular weight is 1140 g/mol. The number of benzene rings is 2. The molecule has 5 fully saturated rings. The molecule has 5 saturated heterocycles. The van der Waals surface area contributed by atoms with Crippen LogP contribution in [0.15, 0.2) is 89.0 Å². The Balaban J connectivity index is 0.630. The number of nitrogens with one attached hydrogen (secondary N) is 1. The smallest absolute Gasteiger partial charge is 0.254 e. The van der Waals surface area contributed by atoms with Gasteiger partial charge in [0.1, 0.15) is 30.9 Å². The van der Waals surface area contributed by atoms with Crippen LogP contribution in [0.5, 0.6) is 17.5 Å². The van der Waals surface area contributed by atoms with Crippen LogP contribution in [0.25, 0.3) is 21.7 Å². The summed E-state index contributed by atoms with van der Waals surface area (Å²) in [5.41, 5.74) is 14.3. The van der Waals surface area contributed by atoms with Gasteiger partial charge in [-0.3, -0.25) is 19.4 Å². The maximum atomic E-state index is 14.6. The lowest BCUT2D eigenvalue weighted by atomic mass is 9.91. The molecule has 2 amide bonds. The number of pyridine rings is 1. The molecule has 0 radical (unpaired) electrons. The van der Waals surface area contributed by atoms with Crippen LogP contribution in [0, 0.1) is 18.8 Å². The first-order valence-corrected chi connectivity index (χ1v) is 29.8. The van der Waals surface area contributed by atoms with E-state index in [1.54, 1.807) is 29.5 Å². The highest BCUT2D eigenvalue weighted by Crippen LogP contribution is 2.40. The third-order valence-corrected chi connectivity index (χ3v) is 17.8. The number of aryl methyl sites for hydroxylation is 1. The van der Waals surface area contributed by atoms with Gasteiger partial charge in [-0.15, -0.1) is 21.5 Å². The second-order valence-corrected chi connectivity index (χ2v) is 23.5. The van der Waals surface area contributed by atoms with Crippen molar-refractivity contribution in [2.45, 2.75) is 89.1 Å². The van der Waals surface area contributed by atoms with Gasteiger partial charge in [0.05, 0.1) is 46.2 Å². The number of likely N-dealkylation sites (tertiary alicyclic amines) is 1. The number of carbonyl (C=O) groups is 2. The van der Waals surface area contributed by atoms with Crippen LogP contribution in [0.3, 0.4) is 0 Å².